The van der Waals surface area contributed by atoms with Gasteiger partial charge in [-0.1, -0.05) is 26.0 Å². The third-order valence-electron chi connectivity index (χ3n) is 3.47. The Morgan fingerprint density at radius 3 is 2.50 bits per heavy atom. The second-order valence-corrected chi connectivity index (χ2v) is 4.86. The third kappa shape index (κ3) is 5.87. The molecule has 0 atom stereocenters. The SMILES string of the molecule is CCC(N)(CC)CNC(=O)COc1ccccc1[N+](=O)[O-].Cl. The van der Waals surface area contributed by atoms with Crippen LogP contribution in [0.4, 0.5) is 5.69 Å². The Balaban J connectivity index is 0.00000441. The zero-order valence-corrected chi connectivity index (χ0v) is 13.5. The average molecular weight is 332 g/mol. The van der Waals surface area contributed by atoms with Crippen LogP contribution in [0.2, 0.25) is 0 Å². The first-order chi connectivity index (χ1) is 9.91. The van der Waals surface area contributed by atoms with E-state index in [1.54, 1.807) is 6.07 Å². The van der Waals surface area contributed by atoms with Crippen molar-refractivity contribution in [2.45, 2.75) is 32.2 Å². The van der Waals surface area contributed by atoms with Crippen molar-refractivity contribution in [3.8, 4) is 5.75 Å². The van der Waals surface area contributed by atoms with Crippen molar-refractivity contribution in [2.75, 3.05) is 13.2 Å². The zero-order valence-electron chi connectivity index (χ0n) is 12.7. The van der Waals surface area contributed by atoms with E-state index in [1.165, 1.54) is 18.2 Å². The van der Waals surface area contributed by atoms with Crippen LogP contribution < -0.4 is 15.8 Å². The molecule has 0 aliphatic rings. The van der Waals surface area contributed by atoms with Crippen LogP contribution in [0.25, 0.3) is 0 Å². The van der Waals surface area contributed by atoms with Gasteiger partial charge in [0.1, 0.15) is 0 Å². The van der Waals surface area contributed by atoms with Crippen LogP contribution in [0.1, 0.15) is 26.7 Å². The van der Waals surface area contributed by atoms with Gasteiger partial charge in [0.25, 0.3) is 5.91 Å². The topological polar surface area (TPSA) is 107 Å². The minimum Gasteiger partial charge on any atom is -0.477 e. The van der Waals surface area contributed by atoms with Crippen LogP contribution in [0.5, 0.6) is 5.75 Å². The second kappa shape index (κ2) is 9.22. The standard InChI is InChI=1S/C14H21N3O4.ClH/c1-3-14(15,4-2)10-16-13(18)9-21-12-8-6-5-7-11(12)17(19)20;/h5-8H,3-4,9-10,15H2,1-2H3,(H,16,18);1H. The number of benzene rings is 1. The Morgan fingerprint density at radius 1 is 1.36 bits per heavy atom. The molecule has 1 aromatic rings. The molecule has 0 spiro atoms. The number of ether oxygens (including phenoxy) is 1. The van der Waals surface area contributed by atoms with E-state index in [0.29, 0.717) is 6.54 Å². The number of carbonyl (C=O) groups is 1. The van der Waals surface area contributed by atoms with Crippen molar-refractivity contribution in [3.63, 3.8) is 0 Å². The van der Waals surface area contributed by atoms with E-state index in [9.17, 15) is 14.9 Å². The van der Waals surface area contributed by atoms with Gasteiger partial charge in [-0.2, -0.15) is 0 Å². The predicted molar refractivity (Wildman–Crippen MR) is 86.3 cm³/mol. The van der Waals surface area contributed by atoms with E-state index in [2.05, 4.69) is 5.32 Å². The summed E-state index contributed by atoms with van der Waals surface area (Å²) in [5.41, 5.74) is 5.47. The first-order valence-corrected chi connectivity index (χ1v) is 6.83. The highest BCUT2D eigenvalue weighted by molar-refractivity contribution is 5.85. The van der Waals surface area contributed by atoms with Crippen LogP contribution in [0.3, 0.4) is 0 Å². The van der Waals surface area contributed by atoms with E-state index >= 15 is 0 Å². The van der Waals surface area contributed by atoms with Gasteiger partial charge >= 0.3 is 5.69 Å². The quantitative estimate of drug-likeness (QED) is 0.559. The van der Waals surface area contributed by atoms with Crippen molar-refractivity contribution in [2.24, 2.45) is 5.73 Å². The number of hydrogen-bond acceptors (Lipinski definition) is 5. The molecule has 0 aliphatic heterocycles. The molecule has 22 heavy (non-hydrogen) atoms. The summed E-state index contributed by atoms with van der Waals surface area (Å²) < 4.78 is 5.20. The number of nitrogens with two attached hydrogens (primary N) is 1. The fourth-order valence-corrected chi connectivity index (χ4v) is 1.70. The highest BCUT2D eigenvalue weighted by Gasteiger charge is 2.21. The number of nitro groups is 1. The largest absolute Gasteiger partial charge is 0.477 e. The van der Waals surface area contributed by atoms with Crippen LogP contribution in [-0.4, -0.2) is 29.5 Å². The predicted octanol–water partition coefficient (Wildman–Crippen LogP) is 2.03. The molecule has 3 N–H and O–H groups in total. The van der Waals surface area contributed by atoms with Crippen molar-refractivity contribution < 1.29 is 14.5 Å². The molecule has 1 rings (SSSR count). The summed E-state index contributed by atoms with van der Waals surface area (Å²) in [5, 5.41) is 13.5. The number of rotatable bonds is 8. The van der Waals surface area contributed by atoms with Crippen LogP contribution in [0, 0.1) is 10.1 Å². The van der Waals surface area contributed by atoms with Crippen molar-refractivity contribution in [3.05, 3.63) is 34.4 Å². The number of nitrogens with one attached hydrogen (secondary N) is 1. The molecule has 1 aromatic carbocycles. The summed E-state index contributed by atoms with van der Waals surface area (Å²) in [4.78, 5) is 22.0. The Kier molecular flexibility index (Phi) is 8.44. The maximum atomic E-state index is 11.7. The number of nitrogens with zero attached hydrogens (tertiary/aromatic N) is 1. The monoisotopic (exact) mass is 331 g/mol. The number of amides is 1. The summed E-state index contributed by atoms with van der Waals surface area (Å²) in [6.45, 7) is 3.98. The molecule has 7 nitrogen and oxygen atoms in total. The molecule has 0 fully saturated rings. The smallest absolute Gasteiger partial charge is 0.310 e. The van der Waals surface area contributed by atoms with Gasteiger partial charge < -0.3 is 15.8 Å². The molecular weight excluding hydrogens is 310 g/mol. The second-order valence-electron chi connectivity index (χ2n) is 4.86. The minimum atomic E-state index is -0.549. The molecular formula is C14H22ClN3O4. The number of hydrogen-bond donors (Lipinski definition) is 2. The van der Waals surface area contributed by atoms with Crippen molar-refractivity contribution in [1.82, 2.24) is 5.32 Å². The average Bonchev–Trinajstić information content (AvgIpc) is 2.50. The van der Waals surface area contributed by atoms with Crippen LogP contribution in [-0.2, 0) is 4.79 Å². The van der Waals surface area contributed by atoms with E-state index in [4.69, 9.17) is 10.5 Å². The maximum absolute atomic E-state index is 11.7. The van der Waals surface area contributed by atoms with E-state index in [0.717, 1.165) is 12.8 Å². The van der Waals surface area contributed by atoms with Gasteiger partial charge in [0.05, 0.1) is 4.92 Å². The lowest BCUT2D eigenvalue weighted by Crippen LogP contribution is -2.50. The van der Waals surface area contributed by atoms with Crippen LogP contribution in [0.15, 0.2) is 24.3 Å². The summed E-state index contributed by atoms with van der Waals surface area (Å²) in [7, 11) is 0. The molecule has 0 bridgehead atoms. The molecule has 0 aromatic heterocycles. The van der Waals surface area contributed by atoms with Gasteiger partial charge in [0.15, 0.2) is 12.4 Å². The Hall–Kier alpha value is -1.86. The highest BCUT2D eigenvalue weighted by atomic mass is 35.5. The van der Waals surface area contributed by atoms with Gasteiger partial charge in [-0.3, -0.25) is 14.9 Å². The van der Waals surface area contributed by atoms with E-state index in [1.807, 2.05) is 13.8 Å². The fourth-order valence-electron chi connectivity index (χ4n) is 1.70. The molecule has 1 amide bonds. The molecule has 124 valence electrons. The van der Waals surface area contributed by atoms with Gasteiger partial charge in [-0.15, -0.1) is 12.4 Å². The van der Waals surface area contributed by atoms with Crippen molar-refractivity contribution in [1.29, 1.82) is 0 Å². The first kappa shape index (κ1) is 20.1. The maximum Gasteiger partial charge on any atom is 0.310 e. The molecule has 0 unspecified atom stereocenters. The fraction of sp³-hybridized carbons (Fsp3) is 0.500. The molecule has 0 saturated carbocycles. The van der Waals surface area contributed by atoms with Gasteiger partial charge in [0.2, 0.25) is 0 Å². The summed E-state index contributed by atoms with van der Waals surface area (Å²) >= 11 is 0. The minimum absolute atomic E-state index is 0. The Morgan fingerprint density at radius 2 is 1.95 bits per heavy atom. The van der Waals surface area contributed by atoms with Gasteiger partial charge in [-0.05, 0) is 18.9 Å². The highest BCUT2D eigenvalue weighted by Crippen LogP contribution is 2.25. The number of nitro benzene ring substituents is 1. The molecule has 0 saturated heterocycles. The lowest BCUT2D eigenvalue weighted by molar-refractivity contribution is -0.385. The number of halogens is 1. The lowest BCUT2D eigenvalue weighted by Gasteiger charge is -2.26. The van der Waals surface area contributed by atoms with Crippen molar-refractivity contribution >= 4 is 24.0 Å². The molecule has 0 radical (unpaired) electrons. The summed E-state index contributed by atoms with van der Waals surface area (Å²) in [6, 6.07) is 5.93. The first-order valence-electron chi connectivity index (χ1n) is 6.83. The summed E-state index contributed by atoms with van der Waals surface area (Å²) in [5.74, 6) is -0.285. The summed E-state index contributed by atoms with van der Waals surface area (Å²) in [6.07, 6.45) is 1.49. The molecule has 0 aliphatic carbocycles. The van der Waals surface area contributed by atoms with Gasteiger partial charge in [-0.25, -0.2) is 0 Å². The number of para-hydroxylation sites is 2. The molecule has 8 heteroatoms. The molecule has 0 heterocycles. The van der Waals surface area contributed by atoms with Gasteiger partial charge in [0, 0.05) is 18.2 Å². The Bertz CT molecular complexity index is 507. The third-order valence-corrected chi connectivity index (χ3v) is 3.47. The van der Waals surface area contributed by atoms with E-state index in [-0.39, 0.29) is 36.4 Å². The normalized spacial score (nSPS) is 10.5. The van der Waals surface area contributed by atoms with Crippen LogP contribution >= 0.6 is 12.4 Å². The number of carbonyl (C=O) groups excluding carboxylic acids is 1. The lowest BCUT2D eigenvalue weighted by atomic mass is 9.94. The zero-order chi connectivity index (χ0) is 15.9. The van der Waals surface area contributed by atoms with E-state index < -0.39 is 10.5 Å². The Labute approximate surface area is 135 Å².